The molecule has 1 heterocycles. The number of carbonyl (C=O) groups is 1. The molecule has 0 aliphatic heterocycles. The lowest BCUT2D eigenvalue weighted by Gasteiger charge is -2.08. The number of rotatable bonds is 2. The van der Waals surface area contributed by atoms with Gasteiger partial charge in [0, 0.05) is 5.56 Å². The van der Waals surface area contributed by atoms with E-state index in [4.69, 9.17) is 4.42 Å². The topological polar surface area (TPSA) is 30.2 Å². The number of furan rings is 1. The zero-order chi connectivity index (χ0) is 14.2. The highest BCUT2D eigenvalue weighted by Gasteiger charge is 2.34. The lowest BCUT2D eigenvalue weighted by molar-refractivity contribution is -0.140. The van der Waals surface area contributed by atoms with Crippen LogP contribution in [0.25, 0.3) is 0 Å². The third-order valence-electron chi connectivity index (χ3n) is 2.60. The van der Waals surface area contributed by atoms with Crippen molar-refractivity contribution in [3.8, 4) is 0 Å². The van der Waals surface area contributed by atoms with Crippen LogP contribution in [0.3, 0.4) is 0 Å². The van der Waals surface area contributed by atoms with Crippen LogP contribution in [-0.2, 0) is 6.18 Å². The maximum Gasteiger partial charge on any atom is 0.419 e. The van der Waals surface area contributed by atoms with Gasteiger partial charge in [-0.2, -0.15) is 13.2 Å². The van der Waals surface area contributed by atoms with Crippen LogP contribution >= 0.6 is 0 Å². The van der Waals surface area contributed by atoms with Crippen LogP contribution in [0.5, 0.6) is 0 Å². The number of halogens is 4. The Hall–Kier alpha value is -2.11. The van der Waals surface area contributed by atoms with Crippen LogP contribution in [0.2, 0.25) is 0 Å². The van der Waals surface area contributed by atoms with Crippen molar-refractivity contribution in [1.29, 1.82) is 0 Å². The van der Waals surface area contributed by atoms with E-state index < -0.39 is 23.3 Å². The second-order valence-corrected chi connectivity index (χ2v) is 3.95. The molecule has 0 fully saturated rings. The average Bonchev–Trinajstić information content (AvgIpc) is 2.72. The molecule has 0 aliphatic rings. The smallest absolute Gasteiger partial charge is 0.419 e. The summed E-state index contributed by atoms with van der Waals surface area (Å²) in [5, 5.41) is 0. The van der Waals surface area contributed by atoms with Crippen LogP contribution in [0.4, 0.5) is 17.6 Å². The SMILES string of the molecule is Cc1ccoc1C(=O)c1ccc(C(F)(F)F)c(F)c1. The maximum absolute atomic E-state index is 13.3. The Morgan fingerprint density at radius 1 is 1.21 bits per heavy atom. The zero-order valence-corrected chi connectivity index (χ0v) is 9.72. The van der Waals surface area contributed by atoms with Crippen molar-refractivity contribution < 1.29 is 26.8 Å². The van der Waals surface area contributed by atoms with Gasteiger partial charge in [-0.3, -0.25) is 4.79 Å². The van der Waals surface area contributed by atoms with E-state index in [-0.39, 0.29) is 11.3 Å². The van der Waals surface area contributed by atoms with E-state index in [0.29, 0.717) is 17.7 Å². The van der Waals surface area contributed by atoms with Gasteiger partial charge in [-0.1, -0.05) is 6.07 Å². The van der Waals surface area contributed by atoms with Gasteiger partial charge in [-0.15, -0.1) is 0 Å². The fourth-order valence-corrected chi connectivity index (χ4v) is 1.62. The predicted octanol–water partition coefficient (Wildman–Crippen LogP) is 3.98. The van der Waals surface area contributed by atoms with Gasteiger partial charge in [-0.05, 0) is 30.7 Å². The molecule has 6 heteroatoms. The molecular weight excluding hydrogens is 264 g/mol. The maximum atomic E-state index is 13.3. The number of hydrogen-bond donors (Lipinski definition) is 0. The van der Waals surface area contributed by atoms with Gasteiger partial charge < -0.3 is 4.42 Å². The van der Waals surface area contributed by atoms with Gasteiger partial charge >= 0.3 is 6.18 Å². The predicted molar refractivity (Wildman–Crippen MR) is 58.3 cm³/mol. The summed E-state index contributed by atoms with van der Waals surface area (Å²) in [5.41, 5.74) is -1.06. The third-order valence-corrected chi connectivity index (χ3v) is 2.60. The number of benzene rings is 1. The van der Waals surface area contributed by atoms with Crippen molar-refractivity contribution >= 4 is 5.78 Å². The van der Waals surface area contributed by atoms with E-state index in [1.54, 1.807) is 6.92 Å². The number of ketones is 1. The Labute approximate surface area is 105 Å². The normalized spacial score (nSPS) is 11.6. The van der Waals surface area contributed by atoms with Crippen LogP contribution in [-0.4, -0.2) is 5.78 Å². The molecule has 0 atom stereocenters. The Morgan fingerprint density at radius 2 is 1.89 bits per heavy atom. The fraction of sp³-hybridized carbons (Fsp3) is 0.154. The summed E-state index contributed by atoms with van der Waals surface area (Å²) in [6.45, 7) is 1.61. The first-order valence-corrected chi connectivity index (χ1v) is 5.26. The van der Waals surface area contributed by atoms with E-state index in [0.717, 1.165) is 6.07 Å². The van der Waals surface area contributed by atoms with E-state index in [2.05, 4.69) is 0 Å². The first-order chi connectivity index (χ1) is 8.80. The Morgan fingerprint density at radius 3 is 2.37 bits per heavy atom. The molecule has 0 radical (unpaired) electrons. The molecule has 2 nitrogen and oxygen atoms in total. The summed E-state index contributed by atoms with van der Waals surface area (Å²) < 4.78 is 55.4. The molecular formula is C13H8F4O2. The van der Waals surface area contributed by atoms with Crippen LogP contribution in [0, 0.1) is 12.7 Å². The highest BCUT2D eigenvalue weighted by Crippen LogP contribution is 2.32. The first-order valence-electron chi connectivity index (χ1n) is 5.26. The number of aryl methyl sites for hydroxylation is 1. The molecule has 0 aliphatic carbocycles. The minimum atomic E-state index is -4.79. The Kier molecular flexibility index (Phi) is 3.18. The second-order valence-electron chi connectivity index (χ2n) is 3.95. The van der Waals surface area contributed by atoms with Crippen LogP contribution in [0.15, 0.2) is 34.9 Å². The van der Waals surface area contributed by atoms with Crippen molar-refractivity contribution in [2.24, 2.45) is 0 Å². The number of hydrogen-bond acceptors (Lipinski definition) is 2. The molecule has 2 aromatic rings. The largest absolute Gasteiger partial charge is 0.461 e. The molecule has 19 heavy (non-hydrogen) atoms. The molecule has 1 aromatic heterocycles. The van der Waals surface area contributed by atoms with Crippen molar-refractivity contribution in [3.63, 3.8) is 0 Å². The standard InChI is InChI=1S/C13H8F4O2/c1-7-4-5-19-12(7)11(18)8-2-3-9(10(14)6-8)13(15,16)17/h2-6H,1H3. The average molecular weight is 272 g/mol. The van der Waals surface area contributed by atoms with Gasteiger partial charge in [0.2, 0.25) is 5.78 Å². The first kappa shape index (κ1) is 13.3. The van der Waals surface area contributed by atoms with E-state index >= 15 is 0 Å². The van der Waals surface area contributed by atoms with Crippen molar-refractivity contribution in [2.45, 2.75) is 13.1 Å². The highest BCUT2D eigenvalue weighted by atomic mass is 19.4. The molecule has 0 spiro atoms. The minimum Gasteiger partial charge on any atom is -0.461 e. The van der Waals surface area contributed by atoms with Gasteiger partial charge in [0.05, 0.1) is 11.8 Å². The molecule has 100 valence electrons. The molecule has 0 saturated carbocycles. The summed E-state index contributed by atoms with van der Waals surface area (Å²) in [7, 11) is 0. The Bertz CT molecular complexity index is 626. The van der Waals surface area contributed by atoms with Gasteiger partial charge in [0.25, 0.3) is 0 Å². The molecule has 0 bridgehead atoms. The second kappa shape index (κ2) is 4.53. The third kappa shape index (κ3) is 2.52. The van der Waals surface area contributed by atoms with E-state index in [1.165, 1.54) is 12.3 Å². The minimum absolute atomic E-state index is 0.0147. The zero-order valence-electron chi connectivity index (χ0n) is 9.72. The van der Waals surface area contributed by atoms with Crippen LogP contribution < -0.4 is 0 Å². The molecule has 0 amide bonds. The molecule has 0 unspecified atom stereocenters. The molecule has 0 N–H and O–H groups in total. The summed E-state index contributed by atoms with van der Waals surface area (Å²) in [5.74, 6) is -2.16. The quantitative estimate of drug-likeness (QED) is 0.611. The van der Waals surface area contributed by atoms with E-state index in [1.807, 2.05) is 0 Å². The molecule has 1 aromatic carbocycles. The molecule has 0 saturated heterocycles. The number of alkyl halides is 3. The summed E-state index contributed by atoms with van der Waals surface area (Å²) >= 11 is 0. The highest BCUT2D eigenvalue weighted by molar-refractivity contribution is 6.07. The van der Waals surface area contributed by atoms with E-state index in [9.17, 15) is 22.4 Å². The monoisotopic (exact) mass is 272 g/mol. The van der Waals surface area contributed by atoms with Gasteiger partial charge in [0.15, 0.2) is 5.76 Å². The molecule has 2 rings (SSSR count). The van der Waals surface area contributed by atoms with Crippen molar-refractivity contribution in [1.82, 2.24) is 0 Å². The van der Waals surface area contributed by atoms with Crippen molar-refractivity contribution in [2.75, 3.05) is 0 Å². The fourth-order valence-electron chi connectivity index (χ4n) is 1.62. The lowest BCUT2D eigenvalue weighted by Crippen LogP contribution is -2.10. The van der Waals surface area contributed by atoms with Gasteiger partial charge in [-0.25, -0.2) is 4.39 Å². The summed E-state index contributed by atoms with van der Waals surface area (Å²) in [6, 6.07) is 3.57. The van der Waals surface area contributed by atoms with Crippen LogP contribution in [0.1, 0.15) is 27.2 Å². The summed E-state index contributed by atoms with van der Waals surface area (Å²) in [4.78, 5) is 11.9. The lowest BCUT2D eigenvalue weighted by atomic mass is 10.0. The number of carbonyl (C=O) groups excluding carboxylic acids is 1. The van der Waals surface area contributed by atoms with Gasteiger partial charge in [0.1, 0.15) is 5.82 Å². The van der Waals surface area contributed by atoms with Crippen molar-refractivity contribution in [3.05, 3.63) is 58.8 Å². The Balaban J connectivity index is 2.41. The summed E-state index contributed by atoms with van der Waals surface area (Å²) in [6.07, 6.45) is -3.50.